The second-order valence-electron chi connectivity index (χ2n) is 6.79. The minimum absolute atomic E-state index is 0. The van der Waals surface area contributed by atoms with E-state index in [2.05, 4.69) is 25.4 Å². The Morgan fingerprint density at radius 3 is 2.59 bits per heavy atom. The van der Waals surface area contributed by atoms with Gasteiger partial charge in [0, 0.05) is 45.8 Å². The zero-order valence-electron chi connectivity index (χ0n) is 15.4. The summed E-state index contributed by atoms with van der Waals surface area (Å²) in [6.45, 7) is 4.02. The van der Waals surface area contributed by atoms with Crippen molar-refractivity contribution < 1.29 is 14.3 Å². The lowest BCUT2D eigenvalue weighted by atomic mass is 10.2. The highest BCUT2D eigenvalue weighted by Crippen LogP contribution is 2.18. The van der Waals surface area contributed by atoms with Gasteiger partial charge in [0.15, 0.2) is 17.5 Å². The van der Waals surface area contributed by atoms with Crippen LogP contribution < -0.4 is 10.6 Å². The molecule has 0 aromatic heterocycles. The van der Waals surface area contributed by atoms with Crippen LogP contribution in [-0.4, -0.2) is 72.6 Å². The molecule has 27 heavy (non-hydrogen) atoms. The second-order valence-corrected chi connectivity index (χ2v) is 6.79. The average molecular weight is 491 g/mol. The molecule has 1 aliphatic heterocycles. The molecule has 0 bridgehead atoms. The Morgan fingerprint density at radius 1 is 1.30 bits per heavy atom. The molecule has 3 N–H and O–H groups in total. The van der Waals surface area contributed by atoms with Gasteiger partial charge in [-0.15, -0.1) is 24.0 Å². The van der Waals surface area contributed by atoms with Gasteiger partial charge in [-0.05, 0) is 30.5 Å². The van der Waals surface area contributed by atoms with Crippen molar-refractivity contribution in [2.24, 2.45) is 4.99 Å². The molecule has 1 saturated carbocycles. The lowest BCUT2D eigenvalue weighted by Gasteiger charge is -2.36. The van der Waals surface area contributed by atoms with Gasteiger partial charge in [0.1, 0.15) is 0 Å². The van der Waals surface area contributed by atoms with Gasteiger partial charge in [0.25, 0.3) is 0 Å². The van der Waals surface area contributed by atoms with E-state index in [1.165, 1.54) is 12.1 Å². The molecular weight excluding hydrogens is 464 g/mol. The van der Waals surface area contributed by atoms with E-state index in [-0.39, 0.29) is 35.6 Å². The van der Waals surface area contributed by atoms with Crippen LogP contribution in [-0.2, 0) is 11.3 Å². The lowest BCUT2D eigenvalue weighted by molar-refractivity contribution is -0.122. The molecule has 0 atom stereocenters. The number of rotatable bonds is 5. The van der Waals surface area contributed by atoms with Gasteiger partial charge in [0.2, 0.25) is 5.91 Å². The third-order valence-corrected chi connectivity index (χ3v) is 4.66. The Bertz CT molecular complexity index is 676. The van der Waals surface area contributed by atoms with E-state index >= 15 is 0 Å². The highest BCUT2D eigenvalue weighted by molar-refractivity contribution is 14.0. The topological polar surface area (TPSA) is 80.2 Å². The summed E-state index contributed by atoms with van der Waals surface area (Å²) in [5, 5.41) is 15.5. The SMILES string of the molecule is CN=C(NCc1ccc(O)c(F)c1)N1CCN(CC(=O)NC2CC2)CC1.I. The minimum atomic E-state index is -0.627. The van der Waals surface area contributed by atoms with E-state index < -0.39 is 5.82 Å². The number of benzene rings is 1. The zero-order chi connectivity index (χ0) is 18.5. The fourth-order valence-corrected chi connectivity index (χ4v) is 3.00. The highest BCUT2D eigenvalue weighted by Gasteiger charge is 2.25. The number of phenols is 1. The van der Waals surface area contributed by atoms with Crippen LogP contribution in [0.25, 0.3) is 0 Å². The number of carbonyl (C=O) groups excluding carboxylic acids is 1. The fourth-order valence-electron chi connectivity index (χ4n) is 3.00. The van der Waals surface area contributed by atoms with Crippen LogP contribution in [0.2, 0.25) is 0 Å². The van der Waals surface area contributed by atoms with E-state index in [9.17, 15) is 14.3 Å². The number of piperazine rings is 1. The number of nitrogens with one attached hydrogen (secondary N) is 2. The van der Waals surface area contributed by atoms with Gasteiger partial charge in [-0.25, -0.2) is 4.39 Å². The van der Waals surface area contributed by atoms with Crippen molar-refractivity contribution in [2.75, 3.05) is 39.8 Å². The van der Waals surface area contributed by atoms with Crippen molar-refractivity contribution >= 4 is 35.8 Å². The van der Waals surface area contributed by atoms with Gasteiger partial charge in [-0.2, -0.15) is 0 Å². The zero-order valence-corrected chi connectivity index (χ0v) is 17.8. The van der Waals surface area contributed by atoms with Crippen molar-refractivity contribution in [3.8, 4) is 5.75 Å². The quantitative estimate of drug-likeness (QED) is 0.327. The fraction of sp³-hybridized carbons (Fsp3) is 0.556. The molecule has 1 aliphatic carbocycles. The van der Waals surface area contributed by atoms with Crippen LogP contribution in [0.5, 0.6) is 5.75 Å². The van der Waals surface area contributed by atoms with Crippen LogP contribution in [0.15, 0.2) is 23.2 Å². The summed E-state index contributed by atoms with van der Waals surface area (Å²) in [4.78, 5) is 20.5. The third kappa shape index (κ3) is 6.49. The van der Waals surface area contributed by atoms with Crippen molar-refractivity contribution in [2.45, 2.75) is 25.4 Å². The number of phenolic OH excluding ortho intramolecular Hbond substituents is 1. The summed E-state index contributed by atoms with van der Waals surface area (Å²) >= 11 is 0. The first-order valence-electron chi connectivity index (χ1n) is 9.00. The molecule has 2 aliphatic rings. The maximum absolute atomic E-state index is 13.4. The molecule has 1 heterocycles. The van der Waals surface area contributed by atoms with Crippen LogP contribution in [0.4, 0.5) is 4.39 Å². The number of amides is 1. The number of guanidine groups is 1. The van der Waals surface area contributed by atoms with E-state index in [4.69, 9.17) is 0 Å². The Kier molecular flexibility index (Phi) is 8.08. The predicted octanol–water partition coefficient (Wildman–Crippen LogP) is 1.12. The lowest BCUT2D eigenvalue weighted by Crippen LogP contribution is -2.54. The van der Waals surface area contributed by atoms with Crippen LogP contribution in [0.1, 0.15) is 18.4 Å². The smallest absolute Gasteiger partial charge is 0.234 e. The van der Waals surface area contributed by atoms with Gasteiger partial charge in [-0.3, -0.25) is 14.7 Å². The monoisotopic (exact) mass is 491 g/mol. The Hall–Kier alpha value is -1.62. The summed E-state index contributed by atoms with van der Waals surface area (Å²) in [6, 6.07) is 4.73. The molecule has 1 aromatic rings. The molecule has 7 nitrogen and oxygen atoms in total. The summed E-state index contributed by atoms with van der Waals surface area (Å²) in [7, 11) is 1.72. The normalized spacial score (nSPS) is 18.0. The number of hydrogen-bond acceptors (Lipinski definition) is 4. The molecule has 1 saturated heterocycles. The summed E-state index contributed by atoms with van der Waals surface area (Å²) in [5.41, 5.74) is 0.733. The number of nitrogens with zero attached hydrogens (tertiary/aromatic N) is 3. The largest absolute Gasteiger partial charge is 0.505 e. The van der Waals surface area contributed by atoms with E-state index in [0.717, 1.165) is 50.5 Å². The number of aromatic hydroxyl groups is 1. The van der Waals surface area contributed by atoms with Crippen molar-refractivity contribution in [3.63, 3.8) is 0 Å². The van der Waals surface area contributed by atoms with E-state index in [1.54, 1.807) is 13.1 Å². The summed E-state index contributed by atoms with van der Waals surface area (Å²) < 4.78 is 13.4. The van der Waals surface area contributed by atoms with Gasteiger partial charge in [-0.1, -0.05) is 6.07 Å². The molecule has 3 rings (SSSR count). The molecule has 9 heteroatoms. The first kappa shape index (κ1) is 21.7. The van der Waals surface area contributed by atoms with Gasteiger partial charge >= 0.3 is 0 Å². The summed E-state index contributed by atoms with van der Waals surface area (Å²) in [5.74, 6) is -0.115. The average Bonchev–Trinajstić information content (AvgIpc) is 3.43. The van der Waals surface area contributed by atoms with Gasteiger partial charge in [0.05, 0.1) is 6.54 Å². The molecule has 1 aromatic carbocycles. The first-order valence-corrected chi connectivity index (χ1v) is 9.00. The Morgan fingerprint density at radius 2 is 2.00 bits per heavy atom. The molecule has 0 unspecified atom stereocenters. The van der Waals surface area contributed by atoms with Gasteiger partial charge < -0.3 is 20.6 Å². The second kappa shape index (κ2) is 10.1. The Labute approximate surface area is 176 Å². The molecule has 0 radical (unpaired) electrons. The summed E-state index contributed by atoms with van der Waals surface area (Å²) in [6.07, 6.45) is 2.21. The standard InChI is InChI=1S/C18H26FN5O2.HI/c1-20-18(21-11-13-2-5-16(25)15(19)10-13)24-8-6-23(7-9-24)12-17(26)22-14-3-4-14;/h2,5,10,14,25H,3-4,6-9,11-12H2,1H3,(H,20,21)(H,22,26);1H. The predicted molar refractivity (Wildman–Crippen MR) is 113 cm³/mol. The third-order valence-electron chi connectivity index (χ3n) is 4.66. The minimum Gasteiger partial charge on any atom is -0.505 e. The number of halogens is 2. The van der Waals surface area contributed by atoms with Crippen molar-refractivity contribution in [1.29, 1.82) is 0 Å². The molecule has 2 fully saturated rings. The molecule has 0 spiro atoms. The van der Waals surface area contributed by atoms with Crippen LogP contribution in [0, 0.1) is 5.82 Å². The first-order chi connectivity index (χ1) is 12.5. The molecule has 1 amide bonds. The van der Waals surface area contributed by atoms with E-state index in [1.807, 2.05) is 0 Å². The highest BCUT2D eigenvalue weighted by atomic mass is 127. The maximum Gasteiger partial charge on any atom is 0.234 e. The van der Waals surface area contributed by atoms with Crippen molar-refractivity contribution in [1.82, 2.24) is 20.4 Å². The van der Waals surface area contributed by atoms with Crippen LogP contribution >= 0.6 is 24.0 Å². The number of hydrogen-bond donors (Lipinski definition) is 3. The molecule has 150 valence electrons. The number of aliphatic imine (C=N–C) groups is 1. The number of carbonyl (C=O) groups is 1. The maximum atomic E-state index is 13.4. The van der Waals surface area contributed by atoms with Crippen molar-refractivity contribution in [3.05, 3.63) is 29.6 Å². The molecular formula is C18H27FIN5O2. The van der Waals surface area contributed by atoms with Crippen LogP contribution in [0.3, 0.4) is 0 Å². The Balaban J connectivity index is 0.00000261. The van der Waals surface area contributed by atoms with E-state index in [0.29, 0.717) is 19.1 Å².